The molecule has 0 aliphatic heterocycles. The zero-order chi connectivity index (χ0) is 15.8. The summed E-state index contributed by atoms with van der Waals surface area (Å²) in [5.41, 5.74) is 0. The molecule has 0 radical (unpaired) electrons. The van der Waals surface area contributed by atoms with Crippen LogP contribution in [0.25, 0.3) is 0 Å². The first-order valence-electron chi connectivity index (χ1n) is 4.76. The molecule has 0 fully saturated rings. The van der Waals surface area contributed by atoms with Crippen LogP contribution in [0, 0.1) is 0 Å². The van der Waals surface area contributed by atoms with Crippen molar-refractivity contribution < 1.29 is 69.9 Å². The Bertz CT molecular complexity index is 540. The molecule has 0 aromatic heterocycles. The quantitative estimate of drug-likeness (QED) is 0.313. The minimum atomic E-state index is -4.84. The van der Waals surface area contributed by atoms with Crippen LogP contribution in [0.15, 0.2) is 0 Å². The van der Waals surface area contributed by atoms with E-state index in [1.807, 2.05) is 0 Å². The van der Waals surface area contributed by atoms with E-state index in [0.717, 1.165) is 20.8 Å². The fraction of sp³-hybridized carbons (Fsp3) is 1.00. The minimum Gasteiger partial charge on any atom is -1.00 e. The molecule has 10 nitrogen and oxygen atoms in total. The summed E-state index contributed by atoms with van der Waals surface area (Å²) in [5.74, 6) is 0. The van der Waals surface area contributed by atoms with Gasteiger partial charge in [-0.05, 0) is 20.8 Å². The van der Waals surface area contributed by atoms with Crippen LogP contribution in [0.4, 0.5) is 0 Å². The third-order valence-corrected chi connectivity index (χ3v) is 5.87. The van der Waals surface area contributed by atoms with Crippen molar-refractivity contribution in [3.63, 3.8) is 0 Å². The van der Waals surface area contributed by atoms with Gasteiger partial charge in [-0.3, -0.25) is 13.7 Å². The Hall–Kier alpha value is 0.690. The second kappa shape index (κ2) is 7.30. The molecule has 0 aromatic rings. The smallest absolute Gasteiger partial charge is 1.00 e. The van der Waals surface area contributed by atoms with Crippen LogP contribution in [0.1, 0.15) is 22.2 Å². The van der Waals surface area contributed by atoms with Crippen LogP contribution in [0.3, 0.4) is 0 Å². The summed E-state index contributed by atoms with van der Waals surface area (Å²) < 4.78 is 92.6. The molecule has 3 unspecified atom stereocenters. The van der Waals surface area contributed by atoms with Gasteiger partial charge in [-0.2, -0.15) is 25.3 Å². The maximum absolute atomic E-state index is 11.0. The Labute approximate surface area is 141 Å². The van der Waals surface area contributed by atoms with Gasteiger partial charge in [0, 0.05) is 0 Å². The summed E-state index contributed by atoms with van der Waals surface area (Å²) >= 11 is 0. The van der Waals surface area contributed by atoms with Gasteiger partial charge in [-0.15, -0.1) is 0 Å². The Morgan fingerprint density at radius 1 is 0.700 bits per heavy atom. The van der Waals surface area contributed by atoms with Gasteiger partial charge in [0.15, 0.2) is 0 Å². The maximum atomic E-state index is 11.0. The molecule has 0 saturated carbocycles. The monoisotopic (exact) mass is 365 g/mol. The van der Waals surface area contributed by atoms with E-state index in [0.29, 0.717) is 0 Å². The van der Waals surface area contributed by atoms with Crippen molar-refractivity contribution >= 4 is 30.4 Å². The van der Waals surface area contributed by atoms with Crippen LogP contribution in [-0.4, -0.2) is 59.9 Å². The first-order chi connectivity index (χ1) is 8.10. The van der Waals surface area contributed by atoms with E-state index in [1.165, 1.54) is 0 Å². The molecule has 0 spiro atoms. The van der Waals surface area contributed by atoms with Gasteiger partial charge in [-0.1, -0.05) is 0 Å². The SMILES string of the molecule is CC(N(C(C)S(=O)(=O)O)C(C)S(=O)(=O)O)S(=O)(=O)O.[H-].[Na+]. The van der Waals surface area contributed by atoms with Crippen molar-refractivity contribution in [3.8, 4) is 0 Å². The first-order valence-corrected chi connectivity index (χ1v) is 9.27. The van der Waals surface area contributed by atoms with Gasteiger partial charge in [0.2, 0.25) is 0 Å². The zero-order valence-corrected chi connectivity index (χ0v) is 15.6. The molecule has 0 aliphatic rings. The summed E-state index contributed by atoms with van der Waals surface area (Å²) in [6.07, 6.45) is 0. The van der Waals surface area contributed by atoms with E-state index in [4.69, 9.17) is 13.7 Å². The molecular formula is C6H16NNaO9S3. The van der Waals surface area contributed by atoms with Crippen LogP contribution in [-0.2, 0) is 30.4 Å². The first kappa shape index (κ1) is 23.0. The summed E-state index contributed by atoms with van der Waals surface area (Å²) in [5, 5.41) is -5.95. The molecular weight excluding hydrogens is 349 g/mol. The zero-order valence-electron chi connectivity index (χ0n) is 12.2. The van der Waals surface area contributed by atoms with Crippen LogP contribution >= 0.6 is 0 Å². The number of hydrogen-bond donors (Lipinski definition) is 3. The number of rotatable bonds is 6. The molecule has 0 rings (SSSR count). The third kappa shape index (κ3) is 6.21. The molecule has 0 bridgehead atoms. The van der Waals surface area contributed by atoms with Crippen LogP contribution in [0.5, 0.6) is 0 Å². The second-order valence-electron chi connectivity index (χ2n) is 3.79. The van der Waals surface area contributed by atoms with Gasteiger partial charge in [0.1, 0.15) is 16.1 Å². The van der Waals surface area contributed by atoms with Gasteiger partial charge in [0.05, 0.1) is 0 Å². The molecule has 0 heterocycles. The second-order valence-corrected chi connectivity index (χ2v) is 8.93. The van der Waals surface area contributed by atoms with Crippen molar-refractivity contribution in [2.24, 2.45) is 0 Å². The molecule has 118 valence electrons. The molecule has 0 amide bonds. The molecule has 3 N–H and O–H groups in total. The Kier molecular flexibility index (Phi) is 8.38. The van der Waals surface area contributed by atoms with Crippen molar-refractivity contribution in [2.45, 2.75) is 36.9 Å². The van der Waals surface area contributed by atoms with Crippen LogP contribution < -0.4 is 29.6 Å². The fourth-order valence-corrected chi connectivity index (χ4v) is 3.60. The van der Waals surface area contributed by atoms with Gasteiger partial charge >= 0.3 is 29.6 Å². The van der Waals surface area contributed by atoms with Crippen molar-refractivity contribution in [2.75, 3.05) is 0 Å². The normalized spacial score (nSPS) is 18.1. The predicted molar refractivity (Wildman–Crippen MR) is 66.0 cm³/mol. The van der Waals surface area contributed by atoms with E-state index in [9.17, 15) is 25.3 Å². The van der Waals surface area contributed by atoms with Gasteiger partial charge in [0.25, 0.3) is 30.4 Å². The fourth-order valence-electron chi connectivity index (χ4n) is 1.35. The van der Waals surface area contributed by atoms with E-state index in [1.54, 1.807) is 0 Å². The third-order valence-electron chi connectivity index (χ3n) is 2.55. The summed E-state index contributed by atoms with van der Waals surface area (Å²) in [7, 11) is -14.5. The molecule has 0 saturated heterocycles. The Balaban J connectivity index is -0.00000162. The van der Waals surface area contributed by atoms with Crippen molar-refractivity contribution in [1.29, 1.82) is 0 Å². The van der Waals surface area contributed by atoms with E-state index in [2.05, 4.69) is 0 Å². The van der Waals surface area contributed by atoms with Crippen LogP contribution in [0.2, 0.25) is 0 Å². The number of nitrogens with zero attached hydrogens (tertiary/aromatic N) is 1. The maximum Gasteiger partial charge on any atom is 1.00 e. The molecule has 20 heavy (non-hydrogen) atoms. The molecule has 3 atom stereocenters. The molecule has 0 aromatic carbocycles. The average Bonchev–Trinajstić information content (AvgIpc) is 2.13. The summed E-state index contributed by atoms with van der Waals surface area (Å²) in [4.78, 5) is 0.236. The van der Waals surface area contributed by atoms with Crippen molar-refractivity contribution in [3.05, 3.63) is 0 Å². The summed E-state index contributed by atoms with van der Waals surface area (Å²) in [6.45, 7) is 2.41. The van der Waals surface area contributed by atoms with E-state index < -0.39 is 46.5 Å². The van der Waals surface area contributed by atoms with E-state index >= 15 is 0 Å². The molecule has 0 aliphatic carbocycles. The van der Waals surface area contributed by atoms with Gasteiger partial charge < -0.3 is 1.43 Å². The van der Waals surface area contributed by atoms with Crippen molar-refractivity contribution in [1.82, 2.24) is 4.90 Å². The Morgan fingerprint density at radius 3 is 0.950 bits per heavy atom. The Morgan fingerprint density at radius 2 is 0.850 bits per heavy atom. The van der Waals surface area contributed by atoms with Gasteiger partial charge in [-0.25, -0.2) is 4.90 Å². The summed E-state index contributed by atoms with van der Waals surface area (Å²) in [6, 6.07) is 0. The average molecular weight is 365 g/mol. The topological polar surface area (TPSA) is 166 Å². The molecule has 14 heteroatoms. The largest absolute Gasteiger partial charge is 1.00 e. The predicted octanol–water partition coefficient (Wildman–Crippen LogP) is -3.89. The minimum absolute atomic E-state index is 0. The standard InChI is InChI=1S/C6H15NO9S3.Na.H/c1-4(17(8,9)10)7(5(2)18(11,12)13)6(3)19(14,15)16;;/h4-6H,1-3H3,(H,8,9,10)(H,11,12,13)(H,14,15,16);;/q;+1;-1. The van der Waals surface area contributed by atoms with E-state index in [-0.39, 0.29) is 35.9 Å². The number of hydrogen-bond acceptors (Lipinski definition) is 7.